The van der Waals surface area contributed by atoms with Gasteiger partial charge in [0.25, 0.3) is 0 Å². The Kier molecular flexibility index (Phi) is 2.85. The summed E-state index contributed by atoms with van der Waals surface area (Å²) >= 11 is 0. The smallest absolute Gasteiger partial charge is 0.138 e. The molecule has 0 radical (unpaired) electrons. The number of benzene rings is 1. The average Bonchev–Trinajstić information content (AvgIpc) is 2.17. The van der Waals surface area contributed by atoms with Crippen LogP contribution in [0.4, 0.5) is 0 Å². The number of nitrogens with zero attached hydrogens (tertiary/aromatic N) is 1. The Hall–Kier alpha value is -1.57. The zero-order valence-electron chi connectivity index (χ0n) is 6.94. The number of hydrogen-bond acceptors (Lipinski definition) is 4. The number of aromatic hydroxyl groups is 1. The molecule has 0 saturated carbocycles. The third-order valence-corrected chi connectivity index (χ3v) is 1.78. The minimum atomic E-state index is -0.645. The molecule has 0 fully saturated rings. The Bertz CT molecular complexity index is 344. The van der Waals surface area contributed by atoms with Gasteiger partial charge < -0.3 is 15.9 Å². The summed E-state index contributed by atoms with van der Waals surface area (Å²) in [6.45, 7) is -0.261. The zero-order valence-corrected chi connectivity index (χ0v) is 6.94. The summed E-state index contributed by atoms with van der Waals surface area (Å²) < 4.78 is 0. The predicted octanol–water partition coefficient (Wildman–Crippen LogP) is 0.256. The zero-order chi connectivity index (χ0) is 9.84. The quantitative estimate of drug-likeness (QED) is 0.605. The summed E-state index contributed by atoms with van der Waals surface area (Å²) in [5.74, 6) is -0.147. The fourth-order valence-electron chi connectivity index (χ4n) is 1.05. The van der Waals surface area contributed by atoms with Crippen LogP contribution in [-0.4, -0.2) is 16.8 Å². The molecule has 13 heavy (non-hydrogen) atoms. The van der Waals surface area contributed by atoms with Crippen LogP contribution in [-0.2, 0) is 0 Å². The van der Waals surface area contributed by atoms with Crippen LogP contribution in [0.3, 0.4) is 0 Å². The largest absolute Gasteiger partial charge is 0.506 e. The molecule has 1 aromatic rings. The van der Waals surface area contributed by atoms with Crippen LogP contribution < -0.4 is 5.73 Å². The predicted molar refractivity (Wildman–Crippen MR) is 46.8 cm³/mol. The Balaban J connectivity index is 3.17. The van der Waals surface area contributed by atoms with Crippen LogP contribution in [0.5, 0.6) is 5.75 Å². The molecule has 0 heterocycles. The summed E-state index contributed by atoms with van der Waals surface area (Å²) in [4.78, 5) is 0. The van der Waals surface area contributed by atoms with E-state index < -0.39 is 6.04 Å². The Morgan fingerprint density at radius 2 is 2.23 bits per heavy atom. The van der Waals surface area contributed by atoms with E-state index in [0.717, 1.165) is 0 Å². The van der Waals surface area contributed by atoms with Crippen LogP contribution >= 0.6 is 0 Å². The van der Waals surface area contributed by atoms with Crippen molar-refractivity contribution in [2.24, 2.45) is 5.73 Å². The second-order valence-corrected chi connectivity index (χ2v) is 2.64. The Morgan fingerprint density at radius 3 is 2.77 bits per heavy atom. The number of aliphatic hydroxyl groups is 1. The minimum Gasteiger partial charge on any atom is -0.506 e. The van der Waals surface area contributed by atoms with Crippen molar-refractivity contribution in [1.29, 1.82) is 5.26 Å². The highest BCUT2D eigenvalue weighted by Gasteiger charge is 2.12. The number of phenols is 1. The number of para-hydroxylation sites is 1. The van der Waals surface area contributed by atoms with Crippen LogP contribution in [0.25, 0.3) is 0 Å². The van der Waals surface area contributed by atoms with Crippen molar-refractivity contribution >= 4 is 0 Å². The summed E-state index contributed by atoms with van der Waals surface area (Å²) in [6.07, 6.45) is 0. The Labute approximate surface area is 75.8 Å². The fourth-order valence-corrected chi connectivity index (χ4v) is 1.05. The van der Waals surface area contributed by atoms with Gasteiger partial charge in [-0.3, -0.25) is 0 Å². The SMILES string of the molecule is N#Cc1cccc([C@H](N)CO)c1O. The molecule has 4 nitrogen and oxygen atoms in total. The summed E-state index contributed by atoms with van der Waals surface area (Å²) in [6, 6.07) is 5.87. The topological polar surface area (TPSA) is 90.3 Å². The summed E-state index contributed by atoms with van der Waals surface area (Å²) in [5.41, 5.74) is 6.06. The molecule has 0 unspecified atom stereocenters. The van der Waals surface area contributed by atoms with Crippen molar-refractivity contribution in [3.05, 3.63) is 29.3 Å². The maximum atomic E-state index is 9.48. The van der Waals surface area contributed by atoms with E-state index in [9.17, 15) is 5.11 Å². The van der Waals surface area contributed by atoms with E-state index in [-0.39, 0.29) is 17.9 Å². The number of nitriles is 1. The van der Waals surface area contributed by atoms with Crippen molar-refractivity contribution in [3.63, 3.8) is 0 Å². The van der Waals surface area contributed by atoms with Crippen molar-refractivity contribution in [3.8, 4) is 11.8 Å². The van der Waals surface area contributed by atoms with Crippen molar-refractivity contribution in [2.75, 3.05) is 6.61 Å². The van der Waals surface area contributed by atoms with E-state index in [0.29, 0.717) is 5.56 Å². The second kappa shape index (κ2) is 3.90. The lowest BCUT2D eigenvalue weighted by Crippen LogP contribution is -2.14. The lowest BCUT2D eigenvalue weighted by molar-refractivity contribution is 0.265. The van der Waals surface area contributed by atoms with E-state index >= 15 is 0 Å². The van der Waals surface area contributed by atoms with E-state index in [1.807, 2.05) is 6.07 Å². The highest BCUT2D eigenvalue weighted by molar-refractivity contribution is 5.48. The van der Waals surface area contributed by atoms with Gasteiger partial charge in [0, 0.05) is 5.56 Å². The molecule has 1 aromatic carbocycles. The van der Waals surface area contributed by atoms with Gasteiger partial charge in [-0.25, -0.2) is 0 Å². The van der Waals surface area contributed by atoms with Crippen molar-refractivity contribution in [2.45, 2.75) is 6.04 Å². The third kappa shape index (κ3) is 1.78. The van der Waals surface area contributed by atoms with Gasteiger partial charge in [0.1, 0.15) is 11.8 Å². The maximum Gasteiger partial charge on any atom is 0.138 e. The van der Waals surface area contributed by atoms with Gasteiger partial charge in [0.05, 0.1) is 18.2 Å². The molecule has 0 spiro atoms. The molecular formula is C9H10N2O2. The first-order valence-corrected chi connectivity index (χ1v) is 3.79. The summed E-state index contributed by atoms with van der Waals surface area (Å²) in [5, 5.41) is 26.8. The average molecular weight is 178 g/mol. The maximum absolute atomic E-state index is 9.48. The number of phenolic OH excluding ortho intramolecular Hbond substituents is 1. The first kappa shape index (κ1) is 9.52. The number of aliphatic hydroxyl groups excluding tert-OH is 1. The van der Waals surface area contributed by atoms with Gasteiger partial charge in [-0.15, -0.1) is 0 Å². The van der Waals surface area contributed by atoms with Crippen LogP contribution in [0.1, 0.15) is 17.2 Å². The molecular weight excluding hydrogens is 168 g/mol. The lowest BCUT2D eigenvalue weighted by Gasteiger charge is -2.10. The standard InChI is InChI=1S/C9H10N2O2/c10-4-6-2-1-3-7(9(6)13)8(11)5-12/h1-3,8,12-13H,5,11H2/t8-/m1/s1. The molecule has 1 rings (SSSR count). The minimum absolute atomic E-state index is 0.147. The van der Waals surface area contributed by atoms with Gasteiger partial charge in [0.15, 0.2) is 0 Å². The highest BCUT2D eigenvalue weighted by Crippen LogP contribution is 2.25. The molecule has 68 valence electrons. The van der Waals surface area contributed by atoms with Crippen molar-refractivity contribution < 1.29 is 10.2 Å². The molecule has 0 aliphatic heterocycles. The van der Waals surface area contributed by atoms with Gasteiger partial charge in [-0.2, -0.15) is 5.26 Å². The molecule has 0 amide bonds. The van der Waals surface area contributed by atoms with E-state index in [1.54, 1.807) is 12.1 Å². The molecule has 0 aliphatic rings. The normalized spacial score (nSPS) is 12.1. The first-order valence-electron chi connectivity index (χ1n) is 3.79. The molecule has 0 aromatic heterocycles. The molecule has 0 aliphatic carbocycles. The van der Waals surface area contributed by atoms with Crippen molar-refractivity contribution in [1.82, 2.24) is 0 Å². The highest BCUT2D eigenvalue weighted by atomic mass is 16.3. The molecule has 4 heteroatoms. The van der Waals surface area contributed by atoms with Crippen LogP contribution in [0.2, 0.25) is 0 Å². The van der Waals surface area contributed by atoms with Crippen LogP contribution in [0, 0.1) is 11.3 Å². The van der Waals surface area contributed by atoms with Gasteiger partial charge in [-0.05, 0) is 6.07 Å². The van der Waals surface area contributed by atoms with Gasteiger partial charge >= 0.3 is 0 Å². The van der Waals surface area contributed by atoms with Gasteiger partial charge in [-0.1, -0.05) is 12.1 Å². The number of nitrogens with two attached hydrogens (primary N) is 1. The second-order valence-electron chi connectivity index (χ2n) is 2.64. The first-order chi connectivity index (χ1) is 6.20. The fraction of sp³-hybridized carbons (Fsp3) is 0.222. The molecule has 1 atom stereocenters. The van der Waals surface area contributed by atoms with E-state index in [1.165, 1.54) is 6.07 Å². The lowest BCUT2D eigenvalue weighted by atomic mass is 10.0. The number of rotatable bonds is 2. The Morgan fingerprint density at radius 1 is 1.54 bits per heavy atom. The van der Waals surface area contributed by atoms with Gasteiger partial charge in [0.2, 0.25) is 0 Å². The van der Waals surface area contributed by atoms with Crippen LogP contribution in [0.15, 0.2) is 18.2 Å². The summed E-state index contributed by atoms with van der Waals surface area (Å²) in [7, 11) is 0. The molecule has 0 bridgehead atoms. The number of hydrogen-bond donors (Lipinski definition) is 3. The monoisotopic (exact) mass is 178 g/mol. The van der Waals surface area contributed by atoms with E-state index in [2.05, 4.69) is 0 Å². The third-order valence-electron chi connectivity index (χ3n) is 1.78. The van der Waals surface area contributed by atoms with E-state index in [4.69, 9.17) is 16.1 Å². The molecule has 4 N–H and O–H groups in total. The molecule has 0 saturated heterocycles.